The van der Waals surface area contributed by atoms with Gasteiger partial charge in [0.2, 0.25) is 12.6 Å². The number of esters is 1. The maximum Gasteiger partial charge on any atom is 0.338 e. The Morgan fingerprint density at radius 3 is 2.76 bits per heavy atom. The van der Waals surface area contributed by atoms with Gasteiger partial charge in [0.05, 0.1) is 5.56 Å². The van der Waals surface area contributed by atoms with Crippen LogP contribution in [0.25, 0.3) is 11.4 Å². The number of carbonyl (C=O) groups is 1. The minimum atomic E-state index is -0.608. The van der Waals surface area contributed by atoms with Crippen molar-refractivity contribution in [3.63, 3.8) is 0 Å². The standard InChI is InChI=1S/C17H11FN2O5/c18-12-4-1-10(2-5-12)17(21)22-8-15-19-16(20-25-15)11-3-6-13-14(7-11)24-9-23-13/h1-7H,8-9H2. The van der Waals surface area contributed by atoms with E-state index in [0.29, 0.717) is 22.9 Å². The molecular weight excluding hydrogens is 331 g/mol. The molecule has 1 aromatic heterocycles. The van der Waals surface area contributed by atoms with Crippen molar-refractivity contribution in [2.45, 2.75) is 6.61 Å². The van der Waals surface area contributed by atoms with Crippen LogP contribution in [0.3, 0.4) is 0 Å². The van der Waals surface area contributed by atoms with Crippen molar-refractivity contribution in [1.82, 2.24) is 10.1 Å². The predicted octanol–water partition coefficient (Wildman–Crippen LogP) is 2.96. The lowest BCUT2D eigenvalue weighted by Gasteiger charge is -2.01. The number of carbonyl (C=O) groups excluding carboxylic acids is 1. The Morgan fingerprint density at radius 1 is 1.12 bits per heavy atom. The molecule has 0 aliphatic carbocycles. The molecule has 0 spiro atoms. The van der Waals surface area contributed by atoms with Gasteiger partial charge in [-0.1, -0.05) is 5.16 Å². The molecule has 2 heterocycles. The highest BCUT2D eigenvalue weighted by Gasteiger charge is 2.17. The third-order valence-corrected chi connectivity index (χ3v) is 3.51. The summed E-state index contributed by atoms with van der Waals surface area (Å²) in [5, 5.41) is 3.85. The van der Waals surface area contributed by atoms with Crippen molar-refractivity contribution >= 4 is 5.97 Å². The molecular formula is C17H11FN2O5. The van der Waals surface area contributed by atoms with Gasteiger partial charge in [-0.05, 0) is 42.5 Å². The fraction of sp³-hybridized carbons (Fsp3) is 0.118. The Labute approximate surface area is 140 Å². The lowest BCUT2D eigenvalue weighted by molar-refractivity contribution is 0.0429. The van der Waals surface area contributed by atoms with Crippen molar-refractivity contribution < 1.29 is 27.9 Å². The van der Waals surface area contributed by atoms with E-state index >= 15 is 0 Å². The fourth-order valence-electron chi connectivity index (χ4n) is 2.26. The van der Waals surface area contributed by atoms with Crippen molar-refractivity contribution in [1.29, 1.82) is 0 Å². The summed E-state index contributed by atoms with van der Waals surface area (Å²) in [7, 11) is 0. The number of hydrogen-bond donors (Lipinski definition) is 0. The summed E-state index contributed by atoms with van der Waals surface area (Å²) in [5.74, 6) is 0.700. The van der Waals surface area contributed by atoms with Crippen LogP contribution in [-0.2, 0) is 11.3 Å². The first-order chi connectivity index (χ1) is 12.2. The van der Waals surface area contributed by atoms with E-state index in [9.17, 15) is 9.18 Å². The molecule has 2 aromatic carbocycles. The number of benzene rings is 2. The number of hydrogen-bond acceptors (Lipinski definition) is 7. The van der Waals surface area contributed by atoms with Crippen LogP contribution in [0.15, 0.2) is 47.0 Å². The average Bonchev–Trinajstić information content (AvgIpc) is 3.28. The molecule has 0 fully saturated rings. The molecule has 126 valence electrons. The van der Waals surface area contributed by atoms with Crippen molar-refractivity contribution in [3.8, 4) is 22.9 Å². The van der Waals surface area contributed by atoms with Crippen LogP contribution in [0.5, 0.6) is 11.5 Å². The van der Waals surface area contributed by atoms with E-state index in [1.807, 2.05) is 0 Å². The third-order valence-electron chi connectivity index (χ3n) is 3.51. The molecule has 25 heavy (non-hydrogen) atoms. The maximum absolute atomic E-state index is 12.8. The zero-order chi connectivity index (χ0) is 17.2. The van der Waals surface area contributed by atoms with Crippen LogP contribution in [0.2, 0.25) is 0 Å². The average molecular weight is 342 g/mol. The molecule has 1 aliphatic heterocycles. The third kappa shape index (κ3) is 3.14. The van der Waals surface area contributed by atoms with Gasteiger partial charge >= 0.3 is 5.97 Å². The summed E-state index contributed by atoms with van der Waals surface area (Å²) in [5.41, 5.74) is 0.918. The van der Waals surface area contributed by atoms with Gasteiger partial charge in [0, 0.05) is 5.56 Å². The van der Waals surface area contributed by atoms with Gasteiger partial charge < -0.3 is 18.7 Å². The molecule has 3 aromatic rings. The van der Waals surface area contributed by atoms with Gasteiger partial charge in [0.25, 0.3) is 5.89 Å². The summed E-state index contributed by atoms with van der Waals surface area (Å²) in [6.45, 7) is -0.0105. The number of ether oxygens (including phenoxy) is 3. The van der Waals surface area contributed by atoms with E-state index < -0.39 is 11.8 Å². The Kier molecular flexibility index (Phi) is 3.77. The minimum absolute atomic E-state index is 0.142. The van der Waals surface area contributed by atoms with Gasteiger partial charge in [-0.15, -0.1) is 0 Å². The van der Waals surface area contributed by atoms with Crippen LogP contribution in [0, 0.1) is 5.82 Å². The summed E-state index contributed by atoms with van der Waals surface area (Å²) in [6, 6.07) is 10.3. The lowest BCUT2D eigenvalue weighted by Crippen LogP contribution is -2.05. The van der Waals surface area contributed by atoms with Crippen molar-refractivity contribution in [2.24, 2.45) is 0 Å². The first-order valence-electron chi connectivity index (χ1n) is 7.34. The molecule has 4 rings (SSSR count). The van der Waals surface area contributed by atoms with Crippen LogP contribution in [-0.4, -0.2) is 22.9 Å². The van der Waals surface area contributed by atoms with Gasteiger partial charge in [-0.3, -0.25) is 0 Å². The SMILES string of the molecule is O=C(OCc1nc(-c2ccc3c(c2)OCO3)no1)c1ccc(F)cc1. The normalized spacial score (nSPS) is 12.2. The monoisotopic (exact) mass is 342 g/mol. The molecule has 1 aliphatic rings. The topological polar surface area (TPSA) is 83.7 Å². The molecule has 0 N–H and O–H groups in total. The zero-order valence-corrected chi connectivity index (χ0v) is 12.8. The van der Waals surface area contributed by atoms with E-state index in [0.717, 1.165) is 0 Å². The number of aromatic nitrogens is 2. The Hall–Kier alpha value is -3.42. The minimum Gasteiger partial charge on any atom is -0.454 e. The van der Waals surface area contributed by atoms with Gasteiger partial charge in [0.15, 0.2) is 18.1 Å². The number of halogens is 1. The number of nitrogens with zero attached hydrogens (tertiary/aromatic N) is 2. The second-order valence-corrected chi connectivity index (χ2v) is 5.16. The van der Waals surface area contributed by atoms with E-state index in [1.54, 1.807) is 18.2 Å². The zero-order valence-electron chi connectivity index (χ0n) is 12.8. The molecule has 0 radical (unpaired) electrons. The molecule has 0 saturated carbocycles. The van der Waals surface area contributed by atoms with E-state index in [-0.39, 0.29) is 24.9 Å². The van der Waals surface area contributed by atoms with E-state index in [1.165, 1.54) is 24.3 Å². The van der Waals surface area contributed by atoms with Gasteiger partial charge in [-0.2, -0.15) is 4.98 Å². The van der Waals surface area contributed by atoms with Crippen LogP contribution in [0.4, 0.5) is 4.39 Å². The molecule has 7 nitrogen and oxygen atoms in total. The Bertz CT molecular complexity index is 923. The summed E-state index contributed by atoms with van der Waals surface area (Å²) in [6.07, 6.45) is 0. The van der Waals surface area contributed by atoms with E-state index in [2.05, 4.69) is 10.1 Å². The van der Waals surface area contributed by atoms with Gasteiger partial charge in [-0.25, -0.2) is 9.18 Å². The first kappa shape index (κ1) is 15.1. The highest BCUT2D eigenvalue weighted by Crippen LogP contribution is 2.35. The maximum atomic E-state index is 12.8. The highest BCUT2D eigenvalue weighted by atomic mass is 19.1. The second-order valence-electron chi connectivity index (χ2n) is 5.16. The summed E-state index contributed by atoms with van der Waals surface area (Å²) >= 11 is 0. The van der Waals surface area contributed by atoms with Crippen molar-refractivity contribution in [3.05, 3.63) is 59.7 Å². The smallest absolute Gasteiger partial charge is 0.338 e. The Balaban J connectivity index is 1.43. The van der Waals surface area contributed by atoms with Crippen LogP contribution >= 0.6 is 0 Å². The number of rotatable bonds is 4. The summed E-state index contributed by atoms with van der Waals surface area (Å²) in [4.78, 5) is 16.0. The van der Waals surface area contributed by atoms with Crippen molar-refractivity contribution in [2.75, 3.05) is 6.79 Å². The molecule has 0 saturated heterocycles. The quantitative estimate of drug-likeness (QED) is 0.674. The van der Waals surface area contributed by atoms with Crippen LogP contribution < -0.4 is 9.47 Å². The molecule has 0 atom stereocenters. The molecule has 0 bridgehead atoms. The Morgan fingerprint density at radius 2 is 1.92 bits per heavy atom. The number of fused-ring (bicyclic) bond motifs is 1. The molecule has 0 amide bonds. The first-order valence-corrected chi connectivity index (χ1v) is 7.34. The van der Waals surface area contributed by atoms with Gasteiger partial charge in [0.1, 0.15) is 5.82 Å². The lowest BCUT2D eigenvalue weighted by atomic mass is 10.2. The molecule has 0 unspecified atom stereocenters. The fourth-order valence-corrected chi connectivity index (χ4v) is 2.26. The summed E-state index contributed by atoms with van der Waals surface area (Å²) < 4.78 is 33.5. The largest absolute Gasteiger partial charge is 0.454 e. The van der Waals surface area contributed by atoms with Crippen LogP contribution in [0.1, 0.15) is 16.2 Å². The highest BCUT2D eigenvalue weighted by molar-refractivity contribution is 5.89. The van der Waals surface area contributed by atoms with E-state index in [4.69, 9.17) is 18.7 Å². The molecule has 8 heteroatoms. The second kappa shape index (κ2) is 6.23. The predicted molar refractivity (Wildman–Crippen MR) is 81.4 cm³/mol.